The molecule has 0 heterocycles. The minimum atomic E-state index is -0.0585. The number of aliphatic imine (C=N–C) groups is 1. The van der Waals surface area contributed by atoms with Crippen molar-refractivity contribution in [1.82, 2.24) is 16.0 Å². The first-order chi connectivity index (χ1) is 14.1. The SMILES string of the molecule is CCNC(=O)c1ccc(CNC(=NCc2ccc(OC)c(OC)c2)NCC)cc1.I. The van der Waals surface area contributed by atoms with Crippen molar-refractivity contribution in [2.45, 2.75) is 26.9 Å². The summed E-state index contributed by atoms with van der Waals surface area (Å²) in [6.45, 7) is 6.41. The highest BCUT2D eigenvalue weighted by Gasteiger charge is 2.06. The Morgan fingerprint density at radius 2 is 1.50 bits per heavy atom. The maximum absolute atomic E-state index is 11.8. The smallest absolute Gasteiger partial charge is 0.251 e. The molecule has 0 aliphatic carbocycles. The third-order valence-corrected chi connectivity index (χ3v) is 4.23. The zero-order chi connectivity index (χ0) is 21.1. The summed E-state index contributed by atoms with van der Waals surface area (Å²) in [5.41, 5.74) is 2.74. The third kappa shape index (κ3) is 7.74. The second kappa shape index (κ2) is 13.7. The fraction of sp³-hybridized carbons (Fsp3) is 0.364. The molecule has 0 aliphatic heterocycles. The van der Waals surface area contributed by atoms with Gasteiger partial charge in [-0.2, -0.15) is 0 Å². The van der Waals surface area contributed by atoms with E-state index in [1.807, 2.05) is 56.3 Å². The molecule has 2 aromatic carbocycles. The lowest BCUT2D eigenvalue weighted by Crippen LogP contribution is -2.36. The predicted octanol–water partition coefficient (Wildman–Crippen LogP) is 3.33. The van der Waals surface area contributed by atoms with Crippen LogP contribution in [0.5, 0.6) is 11.5 Å². The maximum Gasteiger partial charge on any atom is 0.251 e. The van der Waals surface area contributed by atoms with E-state index in [9.17, 15) is 4.79 Å². The van der Waals surface area contributed by atoms with Gasteiger partial charge in [-0.1, -0.05) is 18.2 Å². The molecule has 2 rings (SSSR count). The molecule has 0 fully saturated rings. The molecule has 0 bridgehead atoms. The molecule has 1 amide bonds. The van der Waals surface area contributed by atoms with Crippen LogP contribution < -0.4 is 25.4 Å². The molecule has 0 atom stereocenters. The highest BCUT2D eigenvalue weighted by atomic mass is 127. The lowest BCUT2D eigenvalue weighted by molar-refractivity contribution is 0.0956. The first kappa shape index (κ1) is 25.5. The lowest BCUT2D eigenvalue weighted by Gasteiger charge is -2.12. The van der Waals surface area contributed by atoms with Crippen LogP contribution in [0, 0.1) is 0 Å². The van der Waals surface area contributed by atoms with Gasteiger partial charge in [-0.25, -0.2) is 4.99 Å². The Morgan fingerprint density at radius 1 is 0.867 bits per heavy atom. The second-order valence-electron chi connectivity index (χ2n) is 6.29. The van der Waals surface area contributed by atoms with Crippen molar-refractivity contribution in [3.63, 3.8) is 0 Å². The number of nitrogens with zero attached hydrogens (tertiary/aromatic N) is 1. The Bertz CT molecular complexity index is 826. The van der Waals surface area contributed by atoms with Gasteiger partial charge in [-0.3, -0.25) is 4.79 Å². The van der Waals surface area contributed by atoms with Gasteiger partial charge in [0.15, 0.2) is 17.5 Å². The number of hydrogen-bond donors (Lipinski definition) is 3. The predicted molar refractivity (Wildman–Crippen MR) is 131 cm³/mol. The Kier molecular flexibility index (Phi) is 11.7. The average molecular weight is 526 g/mol. The second-order valence-corrected chi connectivity index (χ2v) is 6.29. The molecule has 0 saturated carbocycles. The van der Waals surface area contributed by atoms with Crippen LogP contribution in [-0.2, 0) is 13.1 Å². The van der Waals surface area contributed by atoms with Crippen LogP contribution in [0.3, 0.4) is 0 Å². The van der Waals surface area contributed by atoms with Gasteiger partial charge >= 0.3 is 0 Å². The van der Waals surface area contributed by atoms with E-state index < -0.39 is 0 Å². The zero-order valence-electron chi connectivity index (χ0n) is 18.0. The number of carbonyl (C=O) groups is 1. The first-order valence-corrected chi connectivity index (χ1v) is 9.71. The van der Waals surface area contributed by atoms with Crippen LogP contribution >= 0.6 is 24.0 Å². The summed E-state index contributed by atoms with van der Waals surface area (Å²) in [5.74, 6) is 2.04. The number of methoxy groups -OCH3 is 2. The Balaban J connectivity index is 0.00000450. The molecule has 0 radical (unpaired) electrons. The van der Waals surface area contributed by atoms with E-state index in [2.05, 4.69) is 20.9 Å². The number of ether oxygens (including phenoxy) is 2. The molecule has 0 unspecified atom stereocenters. The molecule has 7 nitrogen and oxygen atoms in total. The number of carbonyl (C=O) groups excluding carboxylic acids is 1. The van der Waals surface area contributed by atoms with Gasteiger partial charge in [0.2, 0.25) is 0 Å². The Morgan fingerprint density at radius 3 is 2.10 bits per heavy atom. The van der Waals surface area contributed by atoms with Crippen LogP contribution in [0.4, 0.5) is 0 Å². The van der Waals surface area contributed by atoms with Crippen molar-refractivity contribution in [2.75, 3.05) is 27.3 Å². The highest BCUT2D eigenvalue weighted by Crippen LogP contribution is 2.27. The van der Waals surface area contributed by atoms with E-state index in [-0.39, 0.29) is 29.9 Å². The van der Waals surface area contributed by atoms with Gasteiger partial charge < -0.3 is 25.4 Å². The zero-order valence-corrected chi connectivity index (χ0v) is 20.3. The van der Waals surface area contributed by atoms with Gasteiger partial charge in [0.1, 0.15) is 0 Å². The lowest BCUT2D eigenvalue weighted by atomic mass is 10.1. The summed E-state index contributed by atoms with van der Waals surface area (Å²) in [6.07, 6.45) is 0. The molecule has 3 N–H and O–H groups in total. The molecule has 164 valence electrons. The summed E-state index contributed by atoms with van der Waals surface area (Å²) in [6, 6.07) is 13.3. The Hall–Kier alpha value is -2.49. The summed E-state index contributed by atoms with van der Waals surface area (Å²) >= 11 is 0. The molecule has 30 heavy (non-hydrogen) atoms. The van der Waals surface area contributed by atoms with E-state index in [1.165, 1.54) is 0 Å². The summed E-state index contributed by atoms with van der Waals surface area (Å²) < 4.78 is 10.6. The van der Waals surface area contributed by atoms with Gasteiger partial charge in [-0.05, 0) is 49.2 Å². The van der Waals surface area contributed by atoms with Crippen molar-refractivity contribution in [3.05, 3.63) is 59.2 Å². The minimum Gasteiger partial charge on any atom is -0.493 e. The van der Waals surface area contributed by atoms with Crippen molar-refractivity contribution in [1.29, 1.82) is 0 Å². The minimum absolute atomic E-state index is 0. The van der Waals surface area contributed by atoms with Gasteiger partial charge in [0, 0.05) is 25.2 Å². The molecule has 8 heteroatoms. The molecule has 0 spiro atoms. The van der Waals surface area contributed by atoms with Crippen LogP contribution in [0.1, 0.15) is 35.3 Å². The number of halogens is 1. The van der Waals surface area contributed by atoms with E-state index in [4.69, 9.17) is 9.47 Å². The Labute approximate surface area is 195 Å². The molecular formula is C22H31IN4O3. The third-order valence-electron chi connectivity index (χ3n) is 4.23. The van der Waals surface area contributed by atoms with Crippen molar-refractivity contribution in [2.24, 2.45) is 4.99 Å². The van der Waals surface area contributed by atoms with E-state index in [0.717, 1.165) is 23.6 Å². The molecule has 0 aliphatic rings. The topological polar surface area (TPSA) is 84.0 Å². The highest BCUT2D eigenvalue weighted by molar-refractivity contribution is 14.0. The standard InChI is InChI=1S/C22H30N4O3.HI/c1-5-23-21(27)18-10-7-16(8-11-18)14-25-22(24-6-2)26-15-17-9-12-19(28-3)20(13-17)29-4;/h7-13H,5-6,14-15H2,1-4H3,(H,23,27)(H2,24,25,26);1H. The van der Waals surface area contributed by atoms with E-state index in [1.54, 1.807) is 14.2 Å². The number of rotatable bonds is 9. The quantitative estimate of drug-likeness (QED) is 0.265. The monoisotopic (exact) mass is 526 g/mol. The van der Waals surface area contributed by atoms with Gasteiger partial charge in [0.25, 0.3) is 5.91 Å². The van der Waals surface area contributed by atoms with Crippen molar-refractivity contribution < 1.29 is 14.3 Å². The van der Waals surface area contributed by atoms with Gasteiger partial charge in [0.05, 0.1) is 20.8 Å². The van der Waals surface area contributed by atoms with E-state index >= 15 is 0 Å². The van der Waals surface area contributed by atoms with Crippen LogP contribution in [0.2, 0.25) is 0 Å². The number of guanidine groups is 1. The van der Waals surface area contributed by atoms with E-state index in [0.29, 0.717) is 36.7 Å². The fourth-order valence-electron chi connectivity index (χ4n) is 2.71. The maximum atomic E-state index is 11.8. The van der Waals surface area contributed by atoms with Crippen LogP contribution in [0.15, 0.2) is 47.5 Å². The van der Waals surface area contributed by atoms with Crippen molar-refractivity contribution >= 4 is 35.8 Å². The molecule has 0 saturated heterocycles. The summed E-state index contributed by atoms with van der Waals surface area (Å²) in [7, 11) is 3.24. The van der Waals surface area contributed by atoms with Gasteiger partial charge in [-0.15, -0.1) is 24.0 Å². The summed E-state index contributed by atoms with van der Waals surface area (Å²) in [4.78, 5) is 16.5. The summed E-state index contributed by atoms with van der Waals surface area (Å²) in [5, 5.41) is 9.35. The normalized spacial score (nSPS) is 10.6. The van der Waals surface area contributed by atoms with Crippen LogP contribution in [0.25, 0.3) is 0 Å². The largest absolute Gasteiger partial charge is 0.493 e. The molecular weight excluding hydrogens is 495 g/mol. The fourth-order valence-corrected chi connectivity index (χ4v) is 2.71. The number of amides is 1. The number of nitrogens with one attached hydrogen (secondary N) is 3. The molecule has 0 aromatic heterocycles. The number of hydrogen-bond acceptors (Lipinski definition) is 4. The molecule has 2 aromatic rings. The van der Waals surface area contributed by atoms with Crippen molar-refractivity contribution in [3.8, 4) is 11.5 Å². The average Bonchev–Trinajstić information content (AvgIpc) is 2.76. The first-order valence-electron chi connectivity index (χ1n) is 9.71. The number of benzene rings is 2. The van der Waals surface area contributed by atoms with Crippen LogP contribution in [-0.4, -0.2) is 39.2 Å².